The molecule has 0 atom stereocenters. The van der Waals surface area contributed by atoms with Gasteiger partial charge in [0.1, 0.15) is 5.82 Å². The third-order valence-corrected chi connectivity index (χ3v) is 4.51. The van der Waals surface area contributed by atoms with Crippen LogP contribution < -0.4 is 0 Å². The van der Waals surface area contributed by atoms with Gasteiger partial charge >= 0.3 is 0 Å². The maximum atomic E-state index is 13.3. The summed E-state index contributed by atoms with van der Waals surface area (Å²) in [6.07, 6.45) is 0.350. The van der Waals surface area contributed by atoms with Crippen LogP contribution >= 0.6 is 27.5 Å². The van der Waals surface area contributed by atoms with Crippen LogP contribution in [0.5, 0.6) is 0 Å². The van der Waals surface area contributed by atoms with Gasteiger partial charge in [-0.25, -0.2) is 4.39 Å². The van der Waals surface area contributed by atoms with Gasteiger partial charge in [0.15, 0.2) is 0 Å². The van der Waals surface area contributed by atoms with Crippen LogP contribution in [-0.4, -0.2) is 23.4 Å². The van der Waals surface area contributed by atoms with E-state index in [1.807, 2.05) is 6.07 Å². The standard InChI is InChI=1S/C16H15BrClFO2/c17-13-7-11(5-6-15(13)19)8-16(9-20,10-21)12-3-1-2-4-14(12)18/h1-7,20-21H,8-10H2. The zero-order valence-corrected chi connectivity index (χ0v) is 13.5. The minimum absolute atomic E-state index is 0.262. The van der Waals surface area contributed by atoms with Gasteiger partial charge in [0.25, 0.3) is 0 Å². The lowest BCUT2D eigenvalue weighted by Gasteiger charge is -2.31. The summed E-state index contributed by atoms with van der Waals surface area (Å²) in [7, 11) is 0. The summed E-state index contributed by atoms with van der Waals surface area (Å²) in [6, 6.07) is 11.7. The molecule has 0 unspecified atom stereocenters. The second-order valence-electron chi connectivity index (χ2n) is 5.00. The second-order valence-corrected chi connectivity index (χ2v) is 6.26. The first kappa shape index (κ1) is 16.4. The number of aliphatic hydroxyl groups is 2. The van der Waals surface area contributed by atoms with E-state index in [-0.39, 0.29) is 19.0 Å². The monoisotopic (exact) mass is 372 g/mol. The van der Waals surface area contributed by atoms with Gasteiger partial charge in [-0.1, -0.05) is 35.9 Å². The molecule has 0 spiro atoms. The van der Waals surface area contributed by atoms with E-state index in [1.165, 1.54) is 6.07 Å². The summed E-state index contributed by atoms with van der Waals surface area (Å²) in [5.41, 5.74) is 0.568. The molecule has 0 bridgehead atoms. The predicted molar refractivity (Wildman–Crippen MR) is 85.1 cm³/mol. The highest BCUT2D eigenvalue weighted by Crippen LogP contribution is 2.33. The van der Waals surface area contributed by atoms with E-state index in [2.05, 4.69) is 15.9 Å². The molecule has 112 valence electrons. The number of rotatable bonds is 5. The number of hydrogen-bond donors (Lipinski definition) is 2. The van der Waals surface area contributed by atoms with Crippen LogP contribution in [-0.2, 0) is 11.8 Å². The smallest absolute Gasteiger partial charge is 0.137 e. The minimum atomic E-state index is -0.907. The largest absolute Gasteiger partial charge is 0.395 e. The third-order valence-electron chi connectivity index (χ3n) is 3.58. The fraction of sp³-hybridized carbons (Fsp3) is 0.250. The lowest BCUT2D eigenvalue weighted by Crippen LogP contribution is -2.37. The SMILES string of the molecule is OCC(CO)(Cc1ccc(F)c(Br)c1)c1ccccc1Cl. The summed E-state index contributed by atoms with van der Waals surface area (Å²) in [4.78, 5) is 0. The molecule has 0 heterocycles. The average Bonchev–Trinajstić information content (AvgIpc) is 2.49. The van der Waals surface area contributed by atoms with E-state index in [0.717, 1.165) is 5.56 Å². The van der Waals surface area contributed by atoms with Crippen LogP contribution in [0.4, 0.5) is 4.39 Å². The molecule has 2 N–H and O–H groups in total. The zero-order valence-electron chi connectivity index (χ0n) is 11.2. The van der Waals surface area contributed by atoms with E-state index in [1.54, 1.807) is 30.3 Å². The van der Waals surface area contributed by atoms with Crippen molar-refractivity contribution in [3.8, 4) is 0 Å². The van der Waals surface area contributed by atoms with Gasteiger partial charge in [-0.2, -0.15) is 0 Å². The van der Waals surface area contributed by atoms with Crippen LogP contribution in [0.3, 0.4) is 0 Å². The predicted octanol–water partition coefficient (Wildman–Crippen LogP) is 3.71. The Balaban J connectivity index is 2.43. The first-order valence-corrected chi connectivity index (χ1v) is 7.60. The van der Waals surface area contributed by atoms with Crippen molar-refractivity contribution >= 4 is 27.5 Å². The Kier molecular flexibility index (Phi) is 5.38. The molecular formula is C16H15BrClFO2. The fourth-order valence-electron chi connectivity index (χ4n) is 2.36. The molecule has 0 radical (unpaired) electrons. The van der Waals surface area contributed by atoms with Crippen molar-refractivity contribution in [1.82, 2.24) is 0 Å². The van der Waals surface area contributed by atoms with Crippen molar-refractivity contribution in [3.63, 3.8) is 0 Å². The molecule has 2 aromatic rings. The number of halogens is 3. The average molecular weight is 374 g/mol. The van der Waals surface area contributed by atoms with E-state index in [0.29, 0.717) is 21.5 Å². The molecule has 2 aromatic carbocycles. The van der Waals surface area contributed by atoms with Crippen molar-refractivity contribution in [2.45, 2.75) is 11.8 Å². The van der Waals surface area contributed by atoms with Crippen LogP contribution in [0, 0.1) is 5.82 Å². The Morgan fingerprint density at radius 2 is 1.76 bits per heavy atom. The molecule has 0 amide bonds. The summed E-state index contributed by atoms with van der Waals surface area (Å²) in [5, 5.41) is 20.2. The van der Waals surface area contributed by atoms with E-state index < -0.39 is 5.41 Å². The molecule has 0 saturated heterocycles. The highest BCUT2D eigenvalue weighted by molar-refractivity contribution is 9.10. The van der Waals surface area contributed by atoms with E-state index in [4.69, 9.17) is 11.6 Å². The maximum absolute atomic E-state index is 13.3. The fourth-order valence-corrected chi connectivity index (χ4v) is 3.12. The maximum Gasteiger partial charge on any atom is 0.137 e. The Morgan fingerprint density at radius 3 is 2.33 bits per heavy atom. The lowest BCUT2D eigenvalue weighted by molar-refractivity contribution is 0.116. The van der Waals surface area contributed by atoms with E-state index >= 15 is 0 Å². The van der Waals surface area contributed by atoms with Gasteiger partial charge in [0.05, 0.1) is 17.7 Å². The van der Waals surface area contributed by atoms with Crippen molar-refractivity contribution in [3.05, 3.63) is 68.9 Å². The Hall–Kier alpha value is -0.940. The second kappa shape index (κ2) is 6.88. The number of aliphatic hydroxyl groups excluding tert-OH is 2. The minimum Gasteiger partial charge on any atom is -0.395 e. The van der Waals surface area contributed by atoms with Crippen LogP contribution in [0.25, 0.3) is 0 Å². The molecule has 0 aromatic heterocycles. The molecule has 0 aliphatic carbocycles. The van der Waals surface area contributed by atoms with Crippen molar-refractivity contribution in [1.29, 1.82) is 0 Å². The zero-order chi connectivity index (χ0) is 15.5. The Bertz CT molecular complexity index is 629. The van der Waals surface area contributed by atoms with Gasteiger partial charge in [-0.15, -0.1) is 0 Å². The Labute approximate surface area is 136 Å². The topological polar surface area (TPSA) is 40.5 Å². The number of hydrogen-bond acceptors (Lipinski definition) is 2. The van der Waals surface area contributed by atoms with Crippen LogP contribution in [0.2, 0.25) is 5.02 Å². The van der Waals surface area contributed by atoms with Gasteiger partial charge in [0, 0.05) is 10.4 Å². The summed E-state index contributed by atoms with van der Waals surface area (Å²) in [6.45, 7) is -0.523. The quantitative estimate of drug-likeness (QED) is 0.839. The molecule has 5 heteroatoms. The van der Waals surface area contributed by atoms with Gasteiger partial charge in [-0.3, -0.25) is 0 Å². The highest BCUT2D eigenvalue weighted by Gasteiger charge is 2.33. The molecule has 0 fully saturated rings. The summed E-state index contributed by atoms with van der Waals surface area (Å²) < 4.78 is 13.7. The first-order valence-electron chi connectivity index (χ1n) is 6.43. The summed E-state index contributed by atoms with van der Waals surface area (Å²) in [5.74, 6) is -0.352. The van der Waals surface area contributed by atoms with E-state index in [9.17, 15) is 14.6 Å². The number of benzene rings is 2. The van der Waals surface area contributed by atoms with Gasteiger partial charge < -0.3 is 10.2 Å². The first-order chi connectivity index (χ1) is 10.0. The molecule has 2 nitrogen and oxygen atoms in total. The molecule has 0 aliphatic rings. The Morgan fingerprint density at radius 1 is 1.10 bits per heavy atom. The lowest BCUT2D eigenvalue weighted by atomic mass is 9.77. The molecule has 0 saturated carbocycles. The third kappa shape index (κ3) is 3.46. The van der Waals surface area contributed by atoms with Gasteiger partial charge in [-0.05, 0) is 51.7 Å². The molecule has 2 rings (SSSR count). The van der Waals surface area contributed by atoms with Crippen LogP contribution in [0.1, 0.15) is 11.1 Å². The van der Waals surface area contributed by atoms with Crippen LogP contribution in [0.15, 0.2) is 46.9 Å². The summed E-state index contributed by atoms with van der Waals surface area (Å²) >= 11 is 9.34. The molecular weight excluding hydrogens is 359 g/mol. The van der Waals surface area contributed by atoms with Crippen molar-refractivity contribution in [2.75, 3.05) is 13.2 Å². The van der Waals surface area contributed by atoms with Gasteiger partial charge in [0.2, 0.25) is 0 Å². The highest BCUT2D eigenvalue weighted by atomic mass is 79.9. The van der Waals surface area contributed by atoms with Crippen molar-refractivity contribution < 1.29 is 14.6 Å². The molecule has 0 aliphatic heterocycles. The van der Waals surface area contributed by atoms with Crippen molar-refractivity contribution in [2.24, 2.45) is 0 Å². The molecule has 21 heavy (non-hydrogen) atoms. The normalized spacial score (nSPS) is 11.7.